The van der Waals surface area contributed by atoms with Gasteiger partial charge in [-0.25, -0.2) is 4.39 Å². The number of benzene rings is 1. The van der Waals surface area contributed by atoms with E-state index in [1.807, 2.05) is 6.07 Å². The first-order chi connectivity index (χ1) is 6.88. The molecular weight excluding hydrogens is 193 g/mol. The van der Waals surface area contributed by atoms with Crippen LogP contribution >= 0.6 is 0 Å². The molecule has 0 atom stereocenters. The summed E-state index contributed by atoms with van der Waals surface area (Å²) in [5.74, 6) is -0.630. The van der Waals surface area contributed by atoms with E-state index in [2.05, 4.69) is 0 Å². The van der Waals surface area contributed by atoms with Crippen molar-refractivity contribution in [2.75, 3.05) is 0 Å². The van der Waals surface area contributed by atoms with Crippen LogP contribution in [0.3, 0.4) is 0 Å². The molecule has 1 aromatic carbocycles. The quantitative estimate of drug-likeness (QED) is 0.696. The molecule has 0 bridgehead atoms. The Hall–Kier alpha value is -1.69. The van der Waals surface area contributed by atoms with E-state index >= 15 is 0 Å². The zero-order chi connectivity index (χ0) is 11.6. The fourth-order valence-electron chi connectivity index (χ4n) is 1.20. The summed E-state index contributed by atoms with van der Waals surface area (Å²) in [6, 6.07) is 6.05. The molecule has 0 aliphatic carbocycles. The fraction of sp³-hybridized carbons (Fsp3) is 0.333. The van der Waals surface area contributed by atoms with Crippen molar-refractivity contribution < 1.29 is 9.18 Å². The summed E-state index contributed by atoms with van der Waals surface area (Å²) in [6.07, 6.45) is 0. The Balaban J connectivity index is 3.15. The molecule has 0 saturated carbocycles. The maximum atomic E-state index is 13.0. The van der Waals surface area contributed by atoms with Gasteiger partial charge in [-0.3, -0.25) is 4.79 Å². The standard InChI is InChI=1S/C12H12FNO/c1-8-6-9(4-5-10(8)13)11(15)12(2,3)7-14/h4-6H,1-3H3. The van der Waals surface area contributed by atoms with Gasteiger partial charge in [-0.1, -0.05) is 0 Å². The van der Waals surface area contributed by atoms with Crippen LogP contribution in [0.4, 0.5) is 4.39 Å². The highest BCUT2D eigenvalue weighted by Crippen LogP contribution is 2.22. The van der Waals surface area contributed by atoms with Gasteiger partial charge in [-0.2, -0.15) is 5.26 Å². The van der Waals surface area contributed by atoms with E-state index in [0.29, 0.717) is 11.1 Å². The second kappa shape index (κ2) is 3.82. The third-order valence-electron chi connectivity index (χ3n) is 2.27. The average molecular weight is 205 g/mol. The van der Waals surface area contributed by atoms with Crippen molar-refractivity contribution >= 4 is 5.78 Å². The van der Waals surface area contributed by atoms with Crippen LogP contribution in [0.5, 0.6) is 0 Å². The SMILES string of the molecule is Cc1cc(C(=O)C(C)(C)C#N)ccc1F. The lowest BCUT2D eigenvalue weighted by atomic mass is 9.85. The van der Waals surface area contributed by atoms with Crippen LogP contribution in [0.15, 0.2) is 18.2 Å². The van der Waals surface area contributed by atoms with Gasteiger partial charge in [0.1, 0.15) is 11.2 Å². The monoisotopic (exact) mass is 205 g/mol. The van der Waals surface area contributed by atoms with Crippen molar-refractivity contribution in [1.29, 1.82) is 5.26 Å². The number of aryl methyl sites for hydroxylation is 1. The Labute approximate surface area is 88.3 Å². The molecule has 2 nitrogen and oxygen atoms in total. The number of carbonyl (C=O) groups excluding carboxylic acids is 1. The van der Waals surface area contributed by atoms with Crippen molar-refractivity contribution in [2.45, 2.75) is 20.8 Å². The van der Waals surface area contributed by atoms with Crippen molar-refractivity contribution in [3.05, 3.63) is 35.1 Å². The van der Waals surface area contributed by atoms with E-state index < -0.39 is 5.41 Å². The van der Waals surface area contributed by atoms with Gasteiger partial charge in [0.25, 0.3) is 0 Å². The van der Waals surface area contributed by atoms with Crippen LogP contribution < -0.4 is 0 Å². The molecule has 0 unspecified atom stereocenters. The van der Waals surface area contributed by atoms with E-state index in [1.165, 1.54) is 18.2 Å². The highest BCUT2D eigenvalue weighted by atomic mass is 19.1. The molecule has 0 heterocycles. The molecule has 0 fully saturated rings. The number of rotatable bonds is 2. The minimum atomic E-state index is -1.07. The lowest BCUT2D eigenvalue weighted by Crippen LogP contribution is -2.22. The Bertz CT molecular complexity index is 443. The van der Waals surface area contributed by atoms with Crippen LogP contribution in [0.2, 0.25) is 0 Å². The predicted molar refractivity (Wildman–Crippen MR) is 54.9 cm³/mol. The van der Waals surface area contributed by atoms with E-state index in [9.17, 15) is 9.18 Å². The van der Waals surface area contributed by atoms with E-state index in [0.717, 1.165) is 0 Å². The zero-order valence-corrected chi connectivity index (χ0v) is 8.97. The lowest BCUT2D eigenvalue weighted by Gasteiger charge is -2.13. The van der Waals surface area contributed by atoms with Crippen molar-refractivity contribution in [1.82, 2.24) is 0 Å². The summed E-state index contributed by atoms with van der Waals surface area (Å²) in [6.45, 7) is 4.69. The normalized spacial score (nSPS) is 10.9. The Morgan fingerprint density at radius 2 is 2.07 bits per heavy atom. The van der Waals surface area contributed by atoms with Gasteiger partial charge in [0.15, 0.2) is 5.78 Å². The number of hydrogen-bond acceptors (Lipinski definition) is 2. The van der Waals surface area contributed by atoms with Gasteiger partial charge < -0.3 is 0 Å². The van der Waals surface area contributed by atoms with Gasteiger partial charge >= 0.3 is 0 Å². The van der Waals surface area contributed by atoms with Crippen LogP contribution in [-0.2, 0) is 0 Å². The number of nitrogens with zero attached hydrogens (tertiary/aromatic N) is 1. The summed E-state index contributed by atoms with van der Waals surface area (Å²) in [7, 11) is 0. The van der Waals surface area contributed by atoms with Gasteiger partial charge in [0.2, 0.25) is 0 Å². The number of Topliss-reactive ketones (excluding diaryl/α,β-unsaturated/α-hetero) is 1. The maximum absolute atomic E-state index is 13.0. The molecule has 0 amide bonds. The topological polar surface area (TPSA) is 40.9 Å². The highest BCUT2D eigenvalue weighted by molar-refractivity contribution is 6.01. The average Bonchev–Trinajstić information content (AvgIpc) is 2.21. The molecule has 0 aromatic heterocycles. The molecule has 0 N–H and O–H groups in total. The van der Waals surface area contributed by atoms with Crippen LogP contribution in [-0.4, -0.2) is 5.78 Å². The smallest absolute Gasteiger partial charge is 0.182 e. The van der Waals surface area contributed by atoms with Gasteiger partial charge in [0.05, 0.1) is 6.07 Å². The van der Waals surface area contributed by atoms with Crippen LogP contribution in [0, 0.1) is 29.5 Å². The first kappa shape index (κ1) is 11.4. The molecule has 1 rings (SSSR count). The molecule has 0 aliphatic rings. The Morgan fingerprint density at radius 3 is 2.53 bits per heavy atom. The third kappa shape index (κ3) is 2.21. The Kier molecular flexibility index (Phi) is 2.90. The molecule has 78 valence electrons. The summed E-state index contributed by atoms with van der Waals surface area (Å²) in [5, 5.41) is 8.80. The fourth-order valence-corrected chi connectivity index (χ4v) is 1.20. The van der Waals surface area contributed by atoms with Gasteiger partial charge in [-0.15, -0.1) is 0 Å². The van der Waals surface area contributed by atoms with E-state index in [-0.39, 0.29) is 11.6 Å². The van der Waals surface area contributed by atoms with Crippen molar-refractivity contribution in [3.8, 4) is 6.07 Å². The minimum Gasteiger partial charge on any atom is -0.292 e. The first-order valence-electron chi connectivity index (χ1n) is 4.60. The molecule has 0 saturated heterocycles. The second-order valence-corrected chi connectivity index (χ2v) is 4.03. The largest absolute Gasteiger partial charge is 0.292 e. The zero-order valence-electron chi connectivity index (χ0n) is 8.97. The molecule has 0 radical (unpaired) electrons. The molecule has 0 aliphatic heterocycles. The molecule has 15 heavy (non-hydrogen) atoms. The van der Waals surface area contributed by atoms with Crippen molar-refractivity contribution in [3.63, 3.8) is 0 Å². The predicted octanol–water partition coefficient (Wildman–Crippen LogP) is 2.87. The second-order valence-electron chi connectivity index (χ2n) is 4.03. The molecular formula is C12H12FNO. The number of hydrogen-bond donors (Lipinski definition) is 0. The minimum absolute atomic E-state index is 0.284. The summed E-state index contributed by atoms with van der Waals surface area (Å²) in [4.78, 5) is 11.8. The molecule has 3 heteroatoms. The summed E-state index contributed by atoms with van der Waals surface area (Å²) >= 11 is 0. The highest BCUT2D eigenvalue weighted by Gasteiger charge is 2.28. The molecule has 0 spiro atoms. The number of carbonyl (C=O) groups is 1. The summed E-state index contributed by atoms with van der Waals surface area (Å²) < 4.78 is 13.0. The number of ketones is 1. The number of nitriles is 1. The van der Waals surface area contributed by atoms with Crippen LogP contribution in [0.25, 0.3) is 0 Å². The third-order valence-corrected chi connectivity index (χ3v) is 2.27. The molecule has 1 aromatic rings. The van der Waals surface area contributed by atoms with E-state index in [4.69, 9.17) is 5.26 Å². The van der Waals surface area contributed by atoms with Gasteiger partial charge in [0, 0.05) is 5.56 Å². The van der Waals surface area contributed by atoms with E-state index in [1.54, 1.807) is 20.8 Å². The maximum Gasteiger partial charge on any atom is 0.182 e. The summed E-state index contributed by atoms with van der Waals surface area (Å²) in [5.41, 5.74) is -0.278. The number of halogens is 1. The van der Waals surface area contributed by atoms with Gasteiger partial charge in [-0.05, 0) is 44.5 Å². The lowest BCUT2D eigenvalue weighted by molar-refractivity contribution is 0.0891. The van der Waals surface area contributed by atoms with Crippen LogP contribution in [0.1, 0.15) is 29.8 Å². The van der Waals surface area contributed by atoms with Crippen molar-refractivity contribution in [2.24, 2.45) is 5.41 Å². The Morgan fingerprint density at radius 1 is 1.47 bits per heavy atom. The first-order valence-corrected chi connectivity index (χ1v) is 4.60.